The van der Waals surface area contributed by atoms with Crippen molar-refractivity contribution >= 4 is 23.2 Å². The second-order valence-corrected chi connectivity index (χ2v) is 7.68. The van der Waals surface area contributed by atoms with Gasteiger partial charge in [0.1, 0.15) is 0 Å². The van der Waals surface area contributed by atoms with Crippen LogP contribution in [0.4, 0.5) is 11.4 Å². The zero-order chi connectivity index (χ0) is 20.1. The number of nitrogens with zero attached hydrogens (tertiary/aromatic N) is 1. The first-order valence-electron chi connectivity index (χ1n) is 10.0. The fourth-order valence-corrected chi connectivity index (χ4v) is 3.42. The molecule has 2 amide bonds. The third-order valence-electron chi connectivity index (χ3n) is 5.13. The third kappa shape index (κ3) is 4.71. The van der Waals surface area contributed by atoms with Crippen molar-refractivity contribution in [1.29, 1.82) is 0 Å². The molecule has 148 valence electrons. The summed E-state index contributed by atoms with van der Waals surface area (Å²) in [6.07, 6.45) is 2.26. The molecule has 1 atom stereocenters. The van der Waals surface area contributed by atoms with Gasteiger partial charge in [-0.05, 0) is 43.5 Å². The van der Waals surface area contributed by atoms with Gasteiger partial charge in [0.2, 0.25) is 5.91 Å². The molecule has 1 aliphatic heterocycles. The Balaban J connectivity index is 1.86. The van der Waals surface area contributed by atoms with E-state index in [0.717, 1.165) is 37.2 Å². The van der Waals surface area contributed by atoms with Gasteiger partial charge in [0, 0.05) is 30.4 Å². The van der Waals surface area contributed by atoms with Crippen molar-refractivity contribution in [2.24, 2.45) is 5.92 Å². The summed E-state index contributed by atoms with van der Waals surface area (Å²) in [4.78, 5) is 27.4. The molecule has 2 aromatic carbocycles. The largest absolute Gasteiger partial charge is 0.371 e. The summed E-state index contributed by atoms with van der Waals surface area (Å²) < 4.78 is 0. The Morgan fingerprint density at radius 1 is 0.964 bits per heavy atom. The van der Waals surface area contributed by atoms with Crippen LogP contribution in [0.25, 0.3) is 0 Å². The SMILES string of the molecule is CC(C)C(=O)Nc1ccc(N2CCCC2)c(C(=O)NC(C)c2ccccc2)c1. The summed E-state index contributed by atoms with van der Waals surface area (Å²) >= 11 is 0. The van der Waals surface area contributed by atoms with E-state index in [4.69, 9.17) is 0 Å². The van der Waals surface area contributed by atoms with Crippen LogP contribution in [0.3, 0.4) is 0 Å². The van der Waals surface area contributed by atoms with Gasteiger partial charge in [-0.1, -0.05) is 44.2 Å². The van der Waals surface area contributed by atoms with E-state index < -0.39 is 0 Å². The average molecular weight is 380 g/mol. The first kappa shape index (κ1) is 19.9. The second kappa shape index (κ2) is 8.91. The predicted molar refractivity (Wildman–Crippen MR) is 114 cm³/mol. The first-order chi connectivity index (χ1) is 13.5. The lowest BCUT2D eigenvalue weighted by molar-refractivity contribution is -0.118. The number of carbonyl (C=O) groups excluding carboxylic acids is 2. The molecule has 0 aromatic heterocycles. The lowest BCUT2D eigenvalue weighted by Crippen LogP contribution is -2.29. The van der Waals surface area contributed by atoms with E-state index in [1.54, 1.807) is 6.07 Å². The monoisotopic (exact) mass is 379 g/mol. The first-order valence-corrected chi connectivity index (χ1v) is 10.0. The molecule has 3 rings (SSSR count). The topological polar surface area (TPSA) is 61.4 Å². The molecule has 5 nitrogen and oxygen atoms in total. The standard InChI is InChI=1S/C23H29N3O2/c1-16(2)22(27)25-19-11-12-21(26-13-7-8-14-26)20(15-19)23(28)24-17(3)18-9-5-4-6-10-18/h4-6,9-12,15-17H,7-8,13-14H2,1-3H3,(H,24,28)(H,25,27). The van der Waals surface area contributed by atoms with Crippen molar-refractivity contribution in [3.8, 4) is 0 Å². The van der Waals surface area contributed by atoms with Crippen molar-refractivity contribution in [2.75, 3.05) is 23.3 Å². The molecule has 0 aliphatic carbocycles. The van der Waals surface area contributed by atoms with E-state index in [0.29, 0.717) is 11.3 Å². The summed E-state index contributed by atoms with van der Waals surface area (Å²) in [5, 5.41) is 6.00. The van der Waals surface area contributed by atoms with Gasteiger partial charge < -0.3 is 15.5 Å². The molecule has 1 unspecified atom stereocenters. The molecular weight excluding hydrogens is 350 g/mol. The normalized spacial score (nSPS) is 14.8. The molecule has 0 radical (unpaired) electrons. The smallest absolute Gasteiger partial charge is 0.253 e. The van der Waals surface area contributed by atoms with Gasteiger partial charge in [0.25, 0.3) is 5.91 Å². The molecule has 1 aliphatic rings. The van der Waals surface area contributed by atoms with Crippen LogP contribution in [0.15, 0.2) is 48.5 Å². The van der Waals surface area contributed by atoms with Crippen LogP contribution in [0, 0.1) is 5.92 Å². The maximum Gasteiger partial charge on any atom is 0.253 e. The highest BCUT2D eigenvalue weighted by Crippen LogP contribution is 2.28. The Kier molecular flexibility index (Phi) is 6.34. The maximum atomic E-state index is 13.1. The fraction of sp³-hybridized carbons (Fsp3) is 0.391. The molecule has 2 aromatic rings. The summed E-state index contributed by atoms with van der Waals surface area (Å²) in [5.41, 5.74) is 3.24. The van der Waals surface area contributed by atoms with E-state index in [1.165, 1.54) is 0 Å². The van der Waals surface area contributed by atoms with E-state index >= 15 is 0 Å². The van der Waals surface area contributed by atoms with Gasteiger partial charge in [0.15, 0.2) is 0 Å². The quantitative estimate of drug-likeness (QED) is 0.783. The van der Waals surface area contributed by atoms with Crippen LogP contribution < -0.4 is 15.5 Å². The van der Waals surface area contributed by atoms with Crippen molar-refractivity contribution < 1.29 is 9.59 Å². The number of amides is 2. The van der Waals surface area contributed by atoms with Gasteiger partial charge in [-0.25, -0.2) is 0 Å². The van der Waals surface area contributed by atoms with Crippen LogP contribution in [0.5, 0.6) is 0 Å². The fourth-order valence-electron chi connectivity index (χ4n) is 3.42. The molecule has 28 heavy (non-hydrogen) atoms. The van der Waals surface area contributed by atoms with Crippen molar-refractivity contribution in [3.63, 3.8) is 0 Å². The number of hydrogen-bond donors (Lipinski definition) is 2. The highest BCUT2D eigenvalue weighted by Gasteiger charge is 2.22. The summed E-state index contributed by atoms with van der Waals surface area (Å²) in [6.45, 7) is 7.58. The minimum Gasteiger partial charge on any atom is -0.371 e. The lowest BCUT2D eigenvalue weighted by atomic mass is 10.1. The Labute approximate surface area is 167 Å². The molecule has 5 heteroatoms. The van der Waals surface area contributed by atoms with E-state index in [-0.39, 0.29) is 23.8 Å². The molecule has 2 N–H and O–H groups in total. The summed E-state index contributed by atoms with van der Waals surface area (Å²) in [5.74, 6) is -0.300. The predicted octanol–water partition coefficient (Wildman–Crippen LogP) is 4.37. The van der Waals surface area contributed by atoms with Gasteiger partial charge >= 0.3 is 0 Å². The number of rotatable bonds is 6. The van der Waals surface area contributed by atoms with Gasteiger partial charge in [-0.3, -0.25) is 9.59 Å². The van der Waals surface area contributed by atoms with Crippen molar-refractivity contribution in [2.45, 2.75) is 39.7 Å². The number of hydrogen-bond acceptors (Lipinski definition) is 3. The van der Waals surface area contributed by atoms with Gasteiger partial charge in [0.05, 0.1) is 11.6 Å². The highest BCUT2D eigenvalue weighted by atomic mass is 16.2. The van der Waals surface area contributed by atoms with Crippen LogP contribution in [-0.2, 0) is 4.79 Å². The van der Waals surface area contributed by atoms with E-state index in [1.807, 2.05) is 63.2 Å². The number of carbonyl (C=O) groups is 2. The van der Waals surface area contributed by atoms with Crippen molar-refractivity contribution in [3.05, 3.63) is 59.7 Å². The van der Waals surface area contributed by atoms with Crippen molar-refractivity contribution in [1.82, 2.24) is 5.32 Å². The number of nitrogens with one attached hydrogen (secondary N) is 2. The molecule has 1 saturated heterocycles. The number of benzene rings is 2. The van der Waals surface area contributed by atoms with Crippen LogP contribution in [-0.4, -0.2) is 24.9 Å². The Bertz CT molecular complexity index is 827. The third-order valence-corrected chi connectivity index (χ3v) is 5.13. The lowest BCUT2D eigenvalue weighted by Gasteiger charge is -2.23. The van der Waals surface area contributed by atoms with Gasteiger partial charge in [-0.15, -0.1) is 0 Å². The molecular formula is C23H29N3O2. The van der Waals surface area contributed by atoms with Gasteiger partial charge in [-0.2, -0.15) is 0 Å². The Morgan fingerprint density at radius 3 is 2.29 bits per heavy atom. The molecule has 0 spiro atoms. The zero-order valence-electron chi connectivity index (χ0n) is 16.9. The molecule has 1 fully saturated rings. The summed E-state index contributed by atoms with van der Waals surface area (Å²) in [7, 11) is 0. The zero-order valence-corrected chi connectivity index (χ0v) is 16.9. The minimum absolute atomic E-state index is 0.0575. The van der Waals surface area contributed by atoms with Crippen LogP contribution >= 0.6 is 0 Å². The average Bonchev–Trinajstić information content (AvgIpc) is 3.23. The molecule has 1 heterocycles. The molecule has 0 bridgehead atoms. The Morgan fingerprint density at radius 2 is 1.64 bits per heavy atom. The molecule has 0 saturated carbocycles. The van der Waals surface area contributed by atoms with E-state index in [2.05, 4.69) is 15.5 Å². The highest BCUT2D eigenvalue weighted by molar-refractivity contribution is 6.02. The second-order valence-electron chi connectivity index (χ2n) is 7.68. The van der Waals surface area contributed by atoms with Crippen LogP contribution in [0.2, 0.25) is 0 Å². The number of anilines is 2. The summed E-state index contributed by atoms with van der Waals surface area (Å²) in [6, 6.07) is 15.4. The maximum absolute atomic E-state index is 13.1. The Hall–Kier alpha value is -2.82. The van der Waals surface area contributed by atoms with E-state index in [9.17, 15) is 9.59 Å². The minimum atomic E-state index is -0.126. The van der Waals surface area contributed by atoms with Crippen LogP contribution in [0.1, 0.15) is 55.6 Å².